The highest BCUT2D eigenvalue weighted by Gasteiger charge is 2.20. The van der Waals surface area contributed by atoms with Gasteiger partial charge in [0.25, 0.3) is 0 Å². The Bertz CT molecular complexity index is 610. The van der Waals surface area contributed by atoms with Gasteiger partial charge in [-0.15, -0.1) is 0 Å². The molecule has 2 aromatic carbocycles. The number of nitrogens with one attached hydrogen (secondary N) is 1. The number of hydrogen-bond acceptors (Lipinski definition) is 3. The van der Waals surface area contributed by atoms with Gasteiger partial charge in [0, 0.05) is 6.07 Å². The number of ether oxygens (including phenoxy) is 1. The molecule has 1 atom stereocenters. The number of rotatable bonds is 3. The molecule has 3 heteroatoms. The average molecular weight is 268 g/mol. The quantitative estimate of drug-likeness (QED) is 0.833. The zero-order valence-corrected chi connectivity index (χ0v) is 11.7. The van der Waals surface area contributed by atoms with Crippen LogP contribution in [-0.4, -0.2) is 7.11 Å². The van der Waals surface area contributed by atoms with Crippen molar-refractivity contribution < 1.29 is 4.74 Å². The lowest BCUT2D eigenvalue weighted by Crippen LogP contribution is -2.17. The molecule has 1 unspecified atom stereocenters. The summed E-state index contributed by atoms with van der Waals surface area (Å²) in [7, 11) is 1.67. The first-order valence-electron chi connectivity index (χ1n) is 7.06. The monoisotopic (exact) mass is 268 g/mol. The van der Waals surface area contributed by atoms with Gasteiger partial charge in [-0.1, -0.05) is 24.3 Å². The topological polar surface area (TPSA) is 47.3 Å². The van der Waals surface area contributed by atoms with Crippen LogP contribution in [0.3, 0.4) is 0 Å². The molecular formula is C17H20N2O. The average Bonchev–Trinajstić information content (AvgIpc) is 2.50. The van der Waals surface area contributed by atoms with E-state index in [4.69, 9.17) is 10.5 Å². The number of methoxy groups -OCH3 is 1. The molecule has 3 N–H and O–H groups in total. The molecule has 0 saturated heterocycles. The Labute approximate surface area is 119 Å². The van der Waals surface area contributed by atoms with E-state index in [0.717, 1.165) is 23.5 Å². The molecule has 2 aromatic rings. The van der Waals surface area contributed by atoms with Gasteiger partial charge in [0.15, 0.2) is 0 Å². The molecule has 0 bridgehead atoms. The van der Waals surface area contributed by atoms with Crippen molar-refractivity contribution in [3.05, 3.63) is 53.6 Å². The van der Waals surface area contributed by atoms with E-state index in [0.29, 0.717) is 6.04 Å². The first-order valence-corrected chi connectivity index (χ1v) is 7.06. The van der Waals surface area contributed by atoms with Gasteiger partial charge in [0.2, 0.25) is 0 Å². The van der Waals surface area contributed by atoms with E-state index >= 15 is 0 Å². The van der Waals surface area contributed by atoms with Gasteiger partial charge in [0.1, 0.15) is 5.75 Å². The molecule has 3 nitrogen and oxygen atoms in total. The van der Waals surface area contributed by atoms with Gasteiger partial charge in [-0.25, -0.2) is 0 Å². The second-order valence-electron chi connectivity index (χ2n) is 5.24. The summed E-state index contributed by atoms with van der Waals surface area (Å²) >= 11 is 0. The van der Waals surface area contributed by atoms with Gasteiger partial charge >= 0.3 is 0 Å². The minimum absolute atomic E-state index is 0.328. The molecule has 20 heavy (non-hydrogen) atoms. The largest absolute Gasteiger partial charge is 0.497 e. The molecule has 3 rings (SSSR count). The van der Waals surface area contributed by atoms with Gasteiger partial charge in [0.05, 0.1) is 24.5 Å². The van der Waals surface area contributed by atoms with Crippen molar-refractivity contribution in [2.75, 3.05) is 18.2 Å². The number of nitrogens with two attached hydrogens (primary N) is 1. The Morgan fingerprint density at radius 1 is 1.20 bits per heavy atom. The van der Waals surface area contributed by atoms with Crippen LogP contribution in [0.4, 0.5) is 11.4 Å². The van der Waals surface area contributed by atoms with Crippen LogP contribution in [0.5, 0.6) is 5.75 Å². The summed E-state index contributed by atoms with van der Waals surface area (Å²) in [4.78, 5) is 0. The van der Waals surface area contributed by atoms with E-state index in [1.807, 2.05) is 18.2 Å². The van der Waals surface area contributed by atoms with Crippen LogP contribution < -0.4 is 15.8 Å². The molecule has 1 aliphatic rings. The van der Waals surface area contributed by atoms with Crippen LogP contribution in [-0.2, 0) is 6.42 Å². The van der Waals surface area contributed by atoms with Crippen LogP contribution in [0.2, 0.25) is 0 Å². The molecule has 104 valence electrons. The van der Waals surface area contributed by atoms with E-state index in [1.54, 1.807) is 7.11 Å². The third-order valence-corrected chi connectivity index (χ3v) is 3.96. The molecule has 1 aliphatic carbocycles. The second kappa shape index (κ2) is 5.45. The molecule has 0 saturated carbocycles. The first kappa shape index (κ1) is 12.9. The van der Waals surface area contributed by atoms with E-state index in [9.17, 15) is 0 Å². The van der Waals surface area contributed by atoms with Crippen LogP contribution in [0.25, 0.3) is 0 Å². The number of fused-ring (bicyclic) bond motifs is 1. The molecule has 0 heterocycles. The molecular weight excluding hydrogens is 248 g/mol. The number of hydrogen-bond donors (Lipinski definition) is 2. The van der Waals surface area contributed by atoms with Crippen molar-refractivity contribution in [1.29, 1.82) is 0 Å². The van der Waals surface area contributed by atoms with Crippen molar-refractivity contribution in [2.45, 2.75) is 25.3 Å². The lowest BCUT2D eigenvalue weighted by molar-refractivity contribution is 0.415. The van der Waals surface area contributed by atoms with Crippen LogP contribution in [0.15, 0.2) is 42.5 Å². The highest BCUT2D eigenvalue weighted by atomic mass is 16.5. The fourth-order valence-electron chi connectivity index (χ4n) is 2.88. The second-order valence-corrected chi connectivity index (χ2v) is 5.24. The van der Waals surface area contributed by atoms with Crippen molar-refractivity contribution in [3.8, 4) is 5.75 Å². The Morgan fingerprint density at radius 3 is 2.90 bits per heavy atom. The highest BCUT2D eigenvalue weighted by molar-refractivity contribution is 5.69. The lowest BCUT2D eigenvalue weighted by Gasteiger charge is -2.27. The summed E-state index contributed by atoms with van der Waals surface area (Å²) in [6, 6.07) is 14.7. The standard InChI is InChI=1S/C17H20N2O/c1-20-13-9-10-15(18)17(11-13)19-16-8-4-6-12-5-2-3-7-14(12)16/h2-3,5,7,9-11,16,19H,4,6,8,18H2,1H3. The smallest absolute Gasteiger partial charge is 0.121 e. The minimum Gasteiger partial charge on any atom is -0.497 e. The summed E-state index contributed by atoms with van der Waals surface area (Å²) in [5.74, 6) is 0.825. The van der Waals surface area contributed by atoms with E-state index in [-0.39, 0.29) is 0 Å². The van der Waals surface area contributed by atoms with Crippen LogP contribution >= 0.6 is 0 Å². The highest BCUT2D eigenvalue weighted by Crippen LogP contribution is 2.35. The van der Waals surface area contributed by atoms with E-state index in [1.165, 1.54) is 24.0 Å². The number of aryl methyl sites for hydroxylation is 1. The zero-order valence-electron chi connectivity index (χ0n) is 11.7. The lowest BCUT2D eigenvalue weighted by atomic mass is 9.87. The molecule has 0 aliphatic heterocycles. The van der Waals surface area contributed by atoms with Crippen molar-refractivity contribution in [1.82, 2.24) is 0 Å². The summed E-state index contributed by atoms with van der Waals surface area (Å²) in [6.45, 7) is 0. The summed E-state index contributed by atoms with van der Waals surface area (Å²) in [5, 5.41) is 3.58. The maximum absolute atomic E-state index is 6.06. The fraction of sp³-hybridized carbons (Fsp3) is 0.294. The minimum atomic E-state index is 0.328. The molecule has 0 fully saturated rings. The number of anilines is 2. The third-order valence-electron chi connectivity index (χ3n) is 3.96. The van der Waals surface area contributed by atoms with Crippen molar-refractivity contribution >= 4 is 11.4 Å². The van der Waals surface area contributed by atoms with Crippen LogP contribution in [0.1, 0.15) is 30.0 Å². The Balaban J connectivity index is 1.89. The maximum Gasteiger partial charge on any atom is 0.121 e. The summed E-state index contributed by atoms with van der Waals surface area (Å²) in [5.41, 5.74) is 10.6. The molecule has 0 amide bonds. The van der Waals surface area contributed by atoms with Gasteiger partial charge < -0.3 is 15.8 Å². The predicted octanol–water partition coefficient (Wildman–Crippen LogP) is 3.77. The number of nitrogen functional groups attached to an aromatic ring is 1. The summed E-state index contributed by atoms with van der Waals surface area (Å²) < 4.78 is 5.27. The Kier molecular flexibility index (Phi) is 3.50. The van der Waals surface area contributed by atoms with Gasteiger partial charge in [-0.3, -0.25) is 0 Å². The van der Waals surface area contributed by atoms with Crippen molar-refractivity contribution in [2.24, 2.45) is 0 Å². The van der Waals surface area contributed by atoms with Crippen molar-refractivity contribution in [3.63, 3.8) is 0 Å². The molecule has 0 radical (unpaired) electrons. The zero-order chi connectivity index (χ0) is 13.9. The SMILES string of the molecule is COc1ccc(N)c(NC2CCCc3ccccc32)c1. The van der Waals surface area contributed by atoms with Gasteiger partial charge in [-0.05, 0) is 42.5 Å². The van der Waals surface area contributed by atoms with E-state index in [2.05, 4.69) is 29.6 Å². The van der Waals surface area contributed by atoms with E-state index < -0.39 is 0 Å². The van der Waals surface area contributed by atoms with Gasteiger partial charge in [-0.2, -0.15) is 0 Å². The Morgan fingerprint density at radius 2 is 2.05 bits per heavy atom. The number of benzene rings is 2. The normalized spacial score (nSPS) is 17.4. The summed E-state index contributed by atoms with van der Waals surface area (Å²) in [6.07, 6.45) is 3.51. The first-order chi connectivity index (χ1) is 9.78. The molecule has 0 aromatic heterocycles. The third kappa shape index (κ3) is 2.44. The molecule has 0 spiro atoms. The van der Waals surface area contributed by atoms with Crippen LogP contribution in [0, 0.1) is 0 Å². The Hall–Kier alpha value is -2.16. The maximum atomic E-state index is 6.06. The predicted molar refractivity (Wildman–Crippen MR) is 83.2 cm³/mol. The fourth-order valence-corrected chi connectivity index (χ4v) is 2.88.